The van der Waals surface area contributed by atoms with Gasteiger partial charge in [0.25, 0.3) is 0 Å². The summed E-state index contributed by atoms with van der Waals surface area (Å²) in [6.45, 7) is 1.25. The van der Waals surface area contributed by atoms with Crippen LogP contribution < -0.4 is 4.74 Å². The van der Waals surface area contributed by atoms with Crippen molar-refractivity contribution in [2.24, 2.45) is 0 Å². The molecule has 126 valence electrons. The van der Waals surface area contributed by atoms with Crippen LogP contribution in [0.3, 0.4) is 0 Å². The largest absolute Gasteiger partial charge is 0.497 e. The fraction of sp³-hybridized carbons (Fsp3) is 0.632. The summed E-state index contributed by atoms with van der Waals surface area (Å²) in [5, 5.41) is 9.94. The molecule has 3 rings (SSSR count). The summed E-state index contributed by atoms with van der Waals surface area (Å²) >= 11 is 0. The lowest BCUT2D eigenvalue weighted by atomic mass is 9.68. The molecule has 23 heavy (non-hydrogen) atoms. The molecule has 1 saturated heterocycles. The van der Waals surface area contributed by atoms with Gasteiger partial charge in [0.05, 0.1) is 18.6 Å². The fourth-order valence-corrected chi connectivity index (χ4v) is 4.13. The molecule has 2 fully saturated rings. The van der Waals surface area contributed by atoms with Crippen LogP contribution in [0, 0.1) is 0 Å². The van der Waals surface area contributed by atoms with Gasteiger partial charge in [-0.2, -0.15) is 0 Å². The first-order valence-corrected chi connectivity index (χ1v) is 8.78. The lowest BCUT2D eigenvalue weighted by Crippen LogP contribution is -2.52. The third-order valence-electron chi connectivity index (χ3n) is 5.44. The Bertz CT molecular complexity index is 534. The van der Waals surface area contributed by atoms with Crippen LogP contribution >= 0.6 is 0 Å². The van der Waals surface area contributed by atoms with E-state index in [-0.39, 0.29) is 12.0 Å². The number of piperidine rings is 1. The van der Waals surface area contributed by atoms with Gasteiger partial charge in [-0.3, -0.25) is 4.79 Å². The van der Waals surface area contributed by atoms with Crippen molar-refractivity contribution in [3.05, 3.63) is 29.8 Å². The quantitative estimate of drug-likeness (QED) is 0.932. The fourth-order valence-electron chi connectivity index (χ4n) is 4.13. The van der Waals surface area contributed by atoms with Crippen LogP contribution in [0.5, 0.6) is 5.75 Å². The SMILES string of the molecule is COc1ccc(C2(C(=O)N3CCCC(O)C3)CCCCC2)cc1. The van der Waals surface area contributed by atoms with Crippen molar-refractivity contribution >= 4 is 5.91 Å². The highest BCUT2D eigenvalue weighted by atomic mass is 16.5. The van der Waals surface area contributed by atoms with Crippen molar-refractivity contribution in [3.8, 4) is 5.75 Å². The highest BCUT2D eigenvalue weighted by molar-refractivity contribution is 5.88. The van der Waals surface area contributed by atoms with Gasteiger partial charge in [0.2, 0.25) is 5.91 Å². The monoisotopic (exact) mass is 317 g/mol. The van der Waals surface area contributed by atoms with E-state index < -0.39 is 5.41 Å². The number of aliphatic hydroxyl groups excluding tert-OH is 1. The highest BCUT2D eigenvalue weighted by Crippen LogP contribution is 2.42. The van der Waals surface area contributed by atoms with Gasteiger partial charge in [0.15, 0.2) is 0 Å². The van der Waals surface area contributed by atoms with Gasteiger partial charge >= 0.3 is 0 Å². The van der Waals surface area contributed by atoms with E-state index in [1.807, 2.05) is 29.2 Å². The van der Waals surface area contributed by atoms with Crippen LogP contribution in [-0.2, 0) is 10.2 Å². The van der Waals surface area contributed by atoms with Gasteiger partial charge in [0.1, 0.15) is 5.75 Å². The summed E-state index contributed by atoms with van der Waals surface area (Å²) in [6, 6.07) is 7.99. The van der Waals surface area contributed by atoms with E-state index >= 15 is 0 Å². The molecule has 4 heteroatoms. The second kappa shape index (κ2) is 6.91. The second-order valence-corrected chi connectivity index (χ2v) is 6.92. The molecule has 1 N–H and O–H groups in total. The number of amides is 1. The van der Waals surface area contributed by atoms with Crippen molar-refractivity contribution in [2.45, 2.75) is 56.5 Å². The molecule has 1 aromatic rings. The molecule has 1 aromatic carbocycles. The summed E-state index contributed by atoms with van der Waals surface area (Å²) in [5.74, 6) is 1.03. The van der Waals surface area contributed by atoms with Crippen molar-refractivity contribution in [1.82, 2.24) is 4.90 Å². The minimum atomic E-state index is -0.415. The average molecular weight is 317 g/mol. The van der Waals surface area contributed by atoms with Crippen LogP contribution in [0.25, 0.3) is 0 Å². The Morgan fingerprint density at radius 3 is 2.48 bits per heavy atom. The maximum Gasteiger partial charge on any atom is 0.233 e. The number of carbonyl (C=O) groups excluding carboxylic acids is 1. The predicted molar refractivity (Wildman–Crippen MR) is 89.6 cm³/mol. The number of aliphatic hydroxyl groups is 1. The van der Waals surface area contributed by atoms with Gasteiger partial charge in [0, 0.05) is 13.1 Å². The number of likely N-dealkylation sites (tertiary alicyclic amines) is 1. The van der Waals surface area contributed by atoms with Gasteiger partial charge in [-0.1, -0.05) is 31.4 Å². The first-order valence-electron chi connectivity index (χ1n) is 8.78. The number of ether oxygens (including phenoxy) is 1. The van der Waals surface area contributed by atoms with Crippen LogP contribution in [0.1, 0.15) is 50.5 Å². The standard InChI is InChI=1S/C19H27NO3/c1-23-17-9-7-15(8-10-17)19(11-3-2-4-12-19)18(22)20-13-5-6-16(21)14-20/h7-10,16,21H,2-6,11-14H2,1H3. The van der Waals surface area contributed by atoms with E-state index in [0.29, 0.717) is 6.54 Å². The number of hydrogen-bond acceptors (Lipinski definition) is 3. The lowest BCUT2D eigenvalue weighted by Gasteiger charge is -2.42. The van der Waals surface area contributed by atoms with E-state index in [9.17, 15) is 9.90 Å². The maximum atomic E-state index is 13.4. The van der Waals surface area contributed by atoms with E-state index in [4.69, 9.17) is 4.74 Å². The minimum absolute atomic E-state index is 0.209. The molecule has 1 aliphatic heterocycles. The molecule has 1 atom stereocenters. The van der Waals surface area contributed by atoms with Crippen molar-refractivity contribution in [2.75, 3.05) is 20.2 Å². The Hall–Kier alpha value is -1.55. The topological polar surface area (TPSA) is 49.8 Å². The third kappa shape index (κ3) is 3.23. The van der Waals surface area contributed by atoms with Crippen molar-refractivity contribution in [3.63, 3.8) is 0 Å². The molecule has 2 aliphatic rings. The normalized spacial score (nSPS) is 24.3. The van der Waals surface area contributed by atoms with E-state index in [0.717, 1.165) is 56.4 Å². The zero-order valence-electron chi connectivity index (χ0n) is 14.0. The number of carbonyl (C=O) groups is 1. The summed E-state index contributed by atoms with van der Waals surface area (Å²) in [7, 11) is 1.66. The highest BCUT2D eigenvalue weighted by Gasteiger charge is 2.44. The first kappa shape index (κ1) is 16.3. The summed E-state index contributed by atoms with van der Waals surface area (Å²) in [5.41, 5.74) is 0.685. The van der Waals surface area contributed by atoms with Crippen LogP contribution in [0.2, 0.25) is 0 Å². The van der Waals surface area contributed by atoms with Gasteiger partial charge < -0.3 is 14.7 Å². The Morgan fingerprint density at radius 2 is 1.87 bits per heavy atom. The number of hydrogen-bond donors (Lipinski definition) is 1. The molecule has 0 spiro atoms. The molecular weight excluding hydrogens is 290 g/mol. The molecule has 1 aliphatic carbocycles. The molecule has 1 heterocycles. The number of methoxy groups -OCH3 is 1. The zero-order valence-corrected chi connectivity index (χ0v) is 14.0. The summed E-state index contributed by atoms with van der Waals surface area (Å²) in [4.78, 5) is 15.3. The summed E-state index contributed by atoms with van der Waals surface area (Å²) in [6.07, 6.45) is 6.53. The molecule has 0 aromatic heterocycles. The molecule has 1 unspecified atom stereocenters. The van der Waals surface area contributed by atoms with Crippen LogP contribution in [-0.4, -0.2) is 42.2 Å². The van der Waals surface area contributed by atoms with Gasteiger partial charge in [-0.25, -0.2) is 0 Å². The molecule has 1 saturated carbocycles. The lowest BCUT2D eigenvalue weighted by molar-refractivity contribution is -0.142. The van der Waals surface area contributed by atoms with E-state index in [2.05, 4.69) is 0 Å². The van der Waals surface area contributed by atoms with Crippen molar-refractivity contribution in [1.29, 1.82) is 0 Å². The predicted octanol–water partition coefficient (Wildman–Crippen LogP) is 2.88. The van der Waals surface area contributed by atoms with E-state index in [1.165, 1.54) is 6.42 Å². The first-order chi connectivity index (χ1) is 11.2. The molecule has 4 nitrogen and oxygen atoms in total. The maximum absolute atomic E-state index is 13.4. The van der Waals surface area contributed by atoms with E-state index in [1.54, 1.807) is 7.11 Å². The van der Waals surface area contributed by atoms with Crippen LogP contribution in [0.4, 0.5) is 0 Å². The zero-order chi connectivity index (χ0) is 16.3. The molecule has 0 radical (unpaired) electrons. The Labute approximate surface area is 138 Å². The smallest absolute Gasteiger partial charge is 0.233 e. The Morgan fingerprint density at radius 1 is 1.17 bits per heavy atom. The van der Waals surface area contributed by atoms with Crippen molar-refractivity contribution < 1.29 is 14.6 Å². The van der Waals surface area contributed by atoms with Crippen LogP contribution in [0.15, 0.2) is 24.3 Å². The second-order valence-electron chi connectivity index (χ2n) is 6.92. The number of nitrogens with zero attached hydrogens (tertiary/aromatic N) is 1. The molecule has 1 amide bonds. The molecule has 0 bridgehead atoms. The average Bonchev–Trinajstić information content (AvgIpc) is 2.62. The minimum Gasteiger partial charge on any atom is -0.497 e. The number of benzene rings is 1. The Kier molecular flexibility index (Phi) is 4.90. The van der Waals surface area contributed by atoms with Gasteiger partial charge in [-0.15, -0.1) is 0 Å². The number of β-amino-alcohol motifs (C(OH)–C–C–N with tert-alkyl or cyclic N) is 1. The Balaban J connectivity index is 1.90. The number of rotatable bonds is 3. The van der Waals surface area contributed by atoms with Gasteiger partial charge in [-0.05, 0) is 43.4 Å². The third-order valence-corrected chi connectivity index (χ3v) is 5.44. The summed E-state index contributed by atoms with van der Waals surface area (Å²) < 4.78 is 5.25. The molecular formula is C19H27NO3.